The van der Waals surface area contributed by atoms with E-state index in [1.165, 1.54) is 11.3 Å². The van der Waals surface area contributed by atoms with Gasteiger partial charge in [-0.3, -0.25) is 0 Å². The Kier molecular flexibility index (Phi) is 3.41. The molecule has 2 unspecified atom stereocenters. The minimum absolute atomic E-state index is 0.130. The molecule has 1 aromatic heterocycles. The molecule has 0 amide bonds. The van der Waals surface area contributed by atoms with Crippen LogP contribution in [0.15, 0.2) is 12.1 Å². The number of nitrogens with two attached hydrogens (primary N) is 1. The van der Waals surface area contributed by atoms with Crippen LogP contribution in [0.4, 0.5) is 0 Å². The summed E-state index contributed by atoms with van der Waals surface area (Å²) in [5.41, 5.74) is 5.44. The number of halogens is 1. The first-order valence-corrected chi connectivity index (χ1v) is 5.71. The molecule has 14 heavy (non-hydrogen) atoms. The summed E-state index contributed by atoms with van der Waals surface area (Å²) in [4.78, 5) is 1.02. The molecule has 2 rings (SSSR count). The van der Waals surface area contributed by atoms with Gasteiger partial charge in [0.25, 0.3) is 0 Å². The highest BCUT2D eigenvalue weighted by Crippen LogP contribution is 2.34. The zero-order chi connectivity index (χ0) is 9.97. The average Bonchev–Trinajstić information content (AvgIpc) is 2.74. The molecule has 2 heterocycles. The number of thiophene rings is 1. The SMILES string of the molecule is NCCC1COC(c2ccc(Cl)s2)O1. The maximum atomic E-state index is 5.82. The van der Waals surface area contributed by atoms with Gasteiger partial charge in [0.15, 0.2) is 6.29 Å². The number of ether oxygens (including phenoxy) is 2. The molecule has 1 aliphatic rings. The molecular formula is C9H12ClNO2S. The van der Waals surface area contributed by atoms with Crippen LogP contribution in [0.25, 0.3) is 0 Å². The Morgan fingerprint density at radius 2 is 2.43 bits per heavy atom. The van der Waals surface area contributed by atoms with E-state index in [1.807, 2.05) is 12.1 Å². The third kappa shape index (κ3) is 2.27. The highest BCUT2D eigenvalue weighted by Gasteiger charge is 2.27. The van der Waals surface area contributed by atoms with Crippen LogP contribution in [0.2, 0.25) is 4.34 Å². The van der Waals surface area contributed by atoms with Crippen molar-refractivity contribution in [1.29, 1.82) is 0 Å². The molecule has 1 fully saturated rings. The molecule has 78 valence electrons. The molecule has 3 nitrogen and oxygen atoms in total. The first-order valence-electron chi connectivity index (χ1n) is 4.52. The van der Waals surface area contributed by atoms with Gasteiger partial charge in [0.1, 0.15) is 0 Å². The number of rotatable bonds is 3. The molecule has 0 aromatic carbocycles. The Morgan fingerprint density at radius 1 is 1.57 bits per heavy atom. The third-order valence-electron chi connectivity index (χ3n) is 2.06. The van der Waals surface area contributed by atoms with Gasteiger partial charge in [-0.25, -0.2) is 0 Å². The van der Waals surface area contributed by atoms with E-state index in [0.717, 1.165) is 15.6 Å². The summed E-state index contributed by atoms with van der Waals surface area (Å²) in [5.74, 6) is 0. The van der Waals surface area contributed by atoms with Crippen molar-refractivity contribution in [2.75, 3.05) is 13.2 Å². The Balaban J connectivity index is 1.95. The Labute approximate surface area is 91.8 Å². The second-order valence-electron chi connectivity index (χ2n) is 3.14. The standard InChI is InChI=1S/C9H12ClNO2S/c10-8-2-1-7(14-8)9-12-5-6(13-9)3-4-11/h1-2,6,9H,3-5,11H2. The fourth-order valence-corrected chi connectivity index (χ4v) is 2.44. The largest absolute Gasteiger partial charge is 0.345 e. The Bertz CT molecular complexity index is 305. The highest BCUT2D eigenvalue weighted by atomic mass is 35.5. The first-order chi connectivity index (χ1) is 6.79. The second-order valence-corrected chi connectivity index (χ2v) is 4.89. The van der Waals surface area contributed by atoms with Gasteiger partial charge in [0.05, 0.1) is 21.9 Å². The fourth-order valence-electron chi connectivity index (χ4n) is 1.39. The summed E-state index contributed by atoms with van der Waals surface area (Å²) < 4.78 is 11.9. The van der Waals surface area contributed by atoms with Crippen molar-refractivity contribution in [3.63, 3.8) is 0 Å². The number of hydrogen-bond acceptors (Lipinski definition) is 4. The Hall–Kier alpha value is -0.130. The van der Waals surface area contributed by atoms with E-state index >= 15 is 0 Å². The summed E-state index contributed by atoms with van der Waals surface area (Å²) in [6, 6.07) is 3.78. The molecule has 1 aliphatic heterocycles. The van der Waals surface area contributed by atoms with Crippen LogP contribution in [-0.2, 0) is 9.47 Å². The highest BCUT2D eigenvalue weighted by molar-refractivity contribution is 7.16. The topological polar surface area (TPSA) is 44.5 Å². The van der Waals surface area contributed by atoms with Crippen LogP contribution in [0.1, 0.15) is 17.6 Å². The van der Waals surface area contributed by atoms with E-state index in [1.54, 1.807) is 0 Å². The summed E-state index contributed by atoms with van der Waals surface area (Å²) in [5, 5.41) is 0. The molecule has 1 saturated heterocycles. The van der Waals surface area contributed by atoms with Gasteiger partial charge in [-0.15, -0.1) is 11.3 Å². The van der Waals surface area contributed by atoms with Gasteiger partial charge in [0.2, 0.25) is 0 Å². The molecule has 5 heteroatoms. The van der Waals surface area contributed by atoms with Gasteiger partial charge in [0, 0.05) is 0 Å². The van der Waals surface area contributed by atoms with Crippen molar-refractivity contribution in [3.05, 3.63) is 21.3 Å². The van der Waals surface area contributed by atoms with E-state index in [9.17, 15) is 0 Å². The molecule has 0 aliphatic carbocycles. The van der Waals surface area contributed by atoms with Gasteiger partial charge >= 0.3 is 0 Å². The molecule has 2 N–H and O–H groups in total. The summed E-state index contributed by atoms with van der Waals surface area (Å²) in [6.07, 6.45) is 0.727. The molecular weight excluding hydrogens is 222 g/mol. The third-order valence-corrected chi connectivity index (χ3v) is 3.32. The molecule has 0 saturated carbocycles. The van der Waals surface area contributed by atoms with Gasteiger partial charge < -0.3 is 15.2 Å². The normalized spacial score (nSPS) is 27.0. The van der Waals surface area contributed by atoms with Crippen LogP contribution in [0.3, 0.4) is 0 Å². The van der Waals surface area contributed by atoms with Gasteiger partial charge in [-0.1, -0.05) is 11.6 Å². The summed E-state index contributed by atoms with van der Waals surface area (Å²) >= 11 is 7.31. The fraction of sp³-hybridized carbons (Fsp3) is 0.556. The van der Waals surface area contributed by atoms with Crippen molar-refractivity contribution >= 4 is 22.9 Å². The molecule has 2 atom stereocenters. The van der Waals surface area contributed by atoms with Crippen molar-refractivity contribution in [2.45, 2.75) is 18.8 Å². The second kappa shape index (κ2) is 4.59. The van der Waals surface area contributed by atoms with Crippen molar-refractivity contribution in [1.82, 2.24) is 0 Å². The van der Waals surface area contributed by atoms with Crippen LogP contribution >= 0.6 is 22.9 Å². The smallest absolute Gasteiger partial charge is 0.193 e. The lowest BCUT2D eigenvalue weighted by Crippen LogP contribution is -2.15. The van der Waals surface area contributed by atoms with Crippen molar-refractivity contribution < 1.29 is 9.47 Å². The van der Waals surface area contributed by atoms with E-state index < -0.39 is 0 Å². The first kappa shape index (κ1) is 10.4. The van der Waals surface area contributed by atoms with Crippen molar-refractivity contribution in [3.8, 4) is 0 Å². The monoisotopic (exact) mass is 233 g/mol. The van der Waals surface area contributed by atoms with Crippen LogP contribution in [0, 0.1) is 0 Å². The maximum Gasteiger partial charge on any atom is 0.193 e. The summed E-state index contributed by atoms with van der Waals surface area (Å²) in [7, 11) is 0. The van der Waals surface area contributed by atoms with Crippen LogP contribution in [-0.4, -0.2) is 19.3 Å². The minimum atomic E-state index is -0.246. The molecule has 1 aromatic rings. The van der Waals surface area contributed by atoms with Crippen molar-refractivity contribution in [2.24, 2.45) is 5.73 Å². The van der Waals surface area contributed by atoms with E-state index in [4.69, 9.17) is 26.8 Å². The lowest BCUT2D eigenvalue weighted by molar-refractivity contribution is -0.0581. The zero-order valence-electron chi connectivity index (χ0n) is 7.61. The summed E-state index contributed by atoms with van der Waals surface area (Å²) in [6.45, 7) is 1.25. The van der Waals surface area contributed by atoms with E-state index in [-0.39, 0.29) is 12.4 Å². The lowest BCUT2D eigenvalue weighted by Gasteiger charge is -2.08. The number of hydrogen-bond donors (Lipinski definition) is 1. The maximum absolute atomic E-state index is 5.82. The predicted molar refractivity (Wildman–Crippen MR) is 56.6 cm³/mol. The van der Waals surface area contributed by atoms with E-state index in [0.29, 0.717) is 13.2 Å². The zero-order valence-corrected chi connectivity index (χ0v) is 9.18. The molecule has 0 spiro atoms. The van der Waals surface area contributed by atoms with E-state index in [2.05, 4.69) is 0 Å². The molecule has 0 bridgehead atoms. The quantitative estimate of drug-likeness (QED) is 0.870. The van der Waals surface area contributed by atoms with Gasteiger partial charge in [-0.05, 0) is 25.1 Å². The predicted octanol–water partition coefficient (Wildman–Crippen LogP) is 2.16. The van der Waals surface area contributed by atoms with Crippen LogP contribution < -0.4 is 5.73 Å². The van der Waals surface area contributed by atoms with Gasteiger partial charge in [-0.2, -0.15) is 0 Å². The Morgan fingerprint density at radius 3 is 3.07 bits per heavy atom. The van der Waals surface area contributed by atoms with Crippen LogP contribution in [0.5, 0.6) is 0 Å². The minimum Gasteiger partial charge on any atom is -0.345 e. The molecule has 0 radical (unpaired) electrons. The average molecular weight is 234 g/mol. The lowest BCUT2D eigenvalue weighted by atomic mass is 10.3.